The second-order valence-corrected chi connectivity index (χ2v) is 9.03. The SMILES string of the molecule is CC(C)Oc1ccc(C([O-])=C2C(=O)C(=O)N(CCC[NH+]3CCOCC3)C2c2ccncc2)cc1F. The largest absolute Gasteiger partial charge is 0.872 e. The number of pyridine rings is 1. The summed E-state index contributed by atoms with van der Waals surface area (Å²) < 4.78 is 25.4. The Kier molecular flexibility index (Phi) is 7.77. The summed E-state index contributed by atoms with van der Waals surface area (Å²) in [5.41, 5.74) is 0.437. The summed E-state index contributed by atoms with van der Waals surface area (Å²) in [6, 6.07) is 6.36. The number of benzene rings is 1. The van der Waals surface area contributed by atoms with Gasteiger partial charge in [0.25, 0.3) is 5.91 Å². The Morgan fingerprint density at radius 1 is 1.23 bits per heavy atom. The molecule has 186 valence electrons. The molecular weight excluding hydrogens is 453 g/mol. The molecule has 1 amide bonds. The highest BCUT2D eigenvalue weighted by Gasteiger charge is 2.44. The van der Waals surface area contributed by atoms with Crippen molar-refractivity contribution in [2.45, 2.75) is 32.4 Å². The lowest BCUT2D eigenvalue weighted by molar-refractivity contribution is -0.908. The molecule has 0 bridgehead atoms. The number of amides is 1. The molecule has 2 saturated heterocycles. The van der Waals surface area contributed by atoms with Crippen molar-refractivity contribution in [3.05, 3.63) is 65.2 Å². The third-order valence-electron chi connectivity index (χ3n) is 6.24. The average molecular weight is 484 g/mol. The number of nitrogens with one attached hydrogen (secondary N) is 1. The van der Waals surface area contributed by atoms with E-state index in [9.17, 15) is 19.1 Å². The first kappa shape index (κ1) is 24.8. The number of halogens is 1. The van der Waals surface area contributed by atoms with Gasteiger partial charge in [-0.1, -0.05) is 11.8 Å². The van der Waals surface area contributed by atoms with Crippen molar-refractivity contribution in [1.29, 1.82) is 0 Å². The zero-order chi connectivity index (χ0) is 24.9. The van der Waals surface area contributed by atoms with Crippen LogP contribution in [0.4, 0.5) is 4.39 Å². The molecule has 0 saturated carbocycles. The van der Waals surface area contributed by atoms with Gasteiger partial charge in [-0.05, 0) is 49.2 Å². The first-order chi connectivity index (χ1) is 16.9. The molecule has 1 unspecified atom stereocenters. The predicted molar refractivity (Wildman–Crippen MR) is 124 cm³/mol. The van der Waals surface area contributed by atoms with Gasteiger partial charge in [-0.15, -0.1) is 0 Å². The van der Waals surface area contributed by atoms with Crippen molar-refractivity contribution in [1.82, 2.24) is 9.88 Å². The maximum absolute atomic E-state index is 14.6. The van der Waals surface area contributed by atoms with Gasteiger partial charge in [0.1, 0.15) is 13.1 Å². The zero-order valence-electron chi connectivity index (χ0n) is 20.0. The number of hydrogen-bond acceptors (Lipinski definition) is 6. The molecule has 2 fully saturated rings. The van der Waals surface area contributed by atoms with E-state index in [2.05, 4.69) is 4.98 Å². The summed E-state index contributed by atoms with van der Waals surface area (Å²) in [7, 11) is 0. The van der Waals surface area contributed by atoms with E-state index in [4.69, 9.17) is 9.47 Å². The third kappa shape index (κ3) is 5.52. The van der Waals surface area contributed by atoms with E-state index in [0.29, 0.717) is 31.7 Å². The van der Waals surface area contributed by atoms with Gasteiger partial charge in [-0.2, -0.15) is 0 Å². The van der Waals surface area contributed by atoms with Gasteiger partial charge >= 0.3 is 0 Å². The number of nitrogens with zero attached hydrogens (tertiary/aromatic N) is 2. The van der Waals surface area contributed by atoms with Crippen LogP contribution in [-0.2, 0) is 14.3 Å². The van der Waals surface area contributed by atoms with Crippen molar-refractivity contribution in [3.63, 3.8) is 0 Å². The molecule has 0 spiro atoms. The van der Waals surface area contributed by atoms with E-state index >= 15 is 0 Å². The molecule has 9 heteroatoms. The fourth-order valence-electron chi connectivity index (χ4n) is 4.55. The number of ether oxygens (including phenoxy) is 2. The highest BCUT2D eigenvalue weighted by molar-refractivity contribution is 6.46. The Balaban J connectivity index is 1.65. The van der Waals surface area contributed by atoms with E-state index in [1.165, 1.54) is 21.9 Å². The lowest BCUT2D eigenvalue weighted by Crippen LogP contribution is -3.14. The van der Waals surface area contributed by atoms with Crippen molar-refractivity contribution in [3.8, 4) is 5.75 Å². The lowest BCUT2D eigenvalue weighted by Gasteiger charge is -2.29. The molecule has 35 heavy (non-hydrogen) atoms. The fourth-order valence-corrected chi connectivity index (χ4v) is 4.55. The minimum atomic E-state index is -0.849. The quantitative estimate of drug-likeness (QED) is 0.335. The van der Waals surface area contributed by atoms with Crippen LogP contribution < -0.4 is 14.7 Å². The van der Waals surface area contributed by atoms with Crippen LogP contribution in [0.2, 0.25) is 0 Å². The molecule has 1 aromatic carbocycles. The Bertz CT molecular complexity index is 1100. The number of carbonyl (C=O) groups is 2. The monoisotopic (exact) mass is 483 g/mol. The lowest BCUT2D eigenvalue weighted by atomic mass is 9.96. The molecule has 1 aromatic heterocycles. The van der Waals surface area contributed by atoms with E-state index in [1.54, 1.807) is 38.4 Å². The summed E-state index contributed by atoms with van der Waals surface area (Å²) in [5, 5.41) is 13.5. The van der Waals surface area contributed by atoms with Gasteiger partial charge < -0.3 is 24.4 Å². The zero-order valence-corrected chi connectivity index (χ0v) is 20.0. The van der Waals surface area contributed by atoms with Crippen molar-refractivity contribution >= 4 is 17.4 Å². The third-order valence-corrected chi connectivity index (χ3v) is 6.24. The highest BCUT2D eigenvalue weighted by atomic mass is 19.1. The van der Waals surface area contributed by atoms with Crippen LogP contribution in [0.15, 0.2) is 48.3 Å². The number of quaternary nitrogens is 1. The predicted octanol–water partition coefficient (Wildman–Crippen LogP) is 0.537. The normalized spacial score (nSPS) is 20.6. The molecule has 0 radical (unpaired) electrons. The topological polar surface area (TPSA) is 96.2 Å². The minimum Gasteiger partial charge on any atom is -0.872 e. The van der Waals surface area contributed by atoms with E-state index in [-0.39, 0.29) is 23.0 Å². The maximum Gasteiger partial charge on any atom is 0.295 e. The van der Waals surface area contributed by atoms with Crippen molar-refractivity contribution < 1.29 is 33.5 Å². The van der Waals surface area contributed by atoms with Crippen LogP contribution in [0.25, 0.3) is 5.76 Å². The number of Topliss-reactive ketones (excluding diaryl/α,β-unsaturated/α-hetero) is 1. The molecule has 0 aliphatic carbocycles. The number of carbonyl (C=O) groups excluding carboxylic acids is 2. The van der Waals surface area contributed by atoms with E-state index in [1.807, 2.05) is 0 Å². The van der Waals surface area contributed by atoms with E-state index < -0.39 is 29.3 Å². The molecule has 3 heterocycles. The number of hydrogen-bond donors (Lipinski definition) is 1. The standard InChI is InChI=1S/C26H30FN3O5/c1-17(2)35-21-5-4-19(16-20(21)27)24(31)22-23(18-6-8-28-9-7-18)30(26(33)25(22)32)11-3-10-29-12-14-34-15-13-29/h4-9,16-17,23,31H,3,10-15H2,1-2H3. The second kappa shape index (κ2) is 11.0. The van der Waals surface area contributed by atoms with Gasteiger partial charge in [0.15, 0.2) is 11.6 Å². The van der Waals surface area contributed by atoms with Crippen molar-refractivity contribution in [2.24, 2.45) is 0 Å². The van der Waals surface area contributed by atoms with Gasteiger partial charge in [0, 0.05) is 30.9 Å². The summed E-state index contributed by atoms with van der Waals surface area (Å²) >= 11 is 0. The minimum absolute atomic E-state index is 0.00609. The first-order valence-corrected chi connectivity index (χ1v) is 11.9. The summed E-state index contributed by atoms with van der Waals surface area (Å²) in [6.07, 6.45) is 3.54. The van der Waals surface area contributed by atoms with Crippen LogP contribution in [0.5, 0.6) is 5.75 Å². The van der Waals surface area contributed by atoms with E-state index in [0.717, 1.165) is 25.7 Å². The number of aromatic nitrogens is 1. The molecule has 1 N–H and O–H groups in total. The Hall–Kier alpha value is -3.30. The molecule has 2 aromatic rings. The maximum atomic E-state index is 14.6. The number of likely N-dealkylation sites (tertiary alicyclic amines) is 1. The van der Waals surface area contributed by atoms with Crippen molar-refractivity contribution in [2.75, 3.05) is 39.4 Å². The number of ketones is 1. The molecular formula is C26H30FN3O5. The Morgan fingerprint density at radius 3 is 2.60 bits per heavy atom. The number of morpholine rings is 1. The fraction of sp³-hybridized carbons (Fsp3) is 0.423. The Morgan fingerprint density at radius 2 is 1.94 bits per heavy atom. The highest BCUT2D eigenvalue weighted by Crippen LogP contribution is 2.38. The average Bonchev–Trinajstić information content (AvgIpc) is 3.11. The van der Waals surface area contributed by atoms with Crippen LogP contribution in [0.1, 0.15) is 37.4 Å². The summed E-state index contributed by atoms with van der Waals surface area (Å²) in [4.78, 5) is 33.0. The van der Waals surface area contributed by atoms with Crippen LogP contribution in [0.3, 0.4) is 0 Å². The molecule has 4 rings (SSSR count). The molecule has 1 atom stereocenters. The van der Waals surface area contributed by atoms with Crippen LogP contribution in [-0.4, -0.2) is 67.1 Å². The smallest absolute Gasteiger partial charge is 0.295 e. The summed E-state index contributed by atoms with van der Waals surface area (Å²) in [5.74, 6) is -2.91. The molecule has 8 nitrogen and oxygen atoms in total. The van der Waals surface area contributed by atoms with Crippen LogP contribution >= 0.6 is 0 Å². The second-order valence-electron chi connectivity index (χ2n) is 9.03. The van der Waals surface area contributed by atoms with Gasteiger partial charge in [-0.3, -0.25) is 14.6 Å². The summed E-state index contributed by atoms with van der Waals surface area (Å²) in [6.45, 7) is 7.92. The first-order valence-electron chi connectivity index (χ1n) is 11.9. The Labute approximate surface area is 204 Å². The van der Waals surface area contributed by atoms with Gasteiger partial charge in [-0.25, -0.2) is 4.39 Å². The van der Waals surface area contributed by atoms with Gasteiger partial charge in [0.05, 0.1) is 31.9 Å². The molecule has 2 aliphatic rings. The van der Waals surface area contributed by atoms with Crippen LogP contribution in [0, 0.1) is 5.82 Å². The molecule has 2 aliphatic heterocycles. The van der Waals surface area contributed by atoms with Gasteiger partial charge in [0.2, 0.25) is 5.78 Å². The number of rotatable bonds is 8.